The Hall–Kier alpha value is -2.91. The van der Waals surface area contributed by atoms with Crippen LogP contribution in [0.1, 0.15) is 17.2 Å². The van der Waals surface area contributed by atoms with Crippen molar-refractivity contribution in [3.63, 3.8) is 0 Å². The molecule has 2 aromatic rings. The lowest BCUT2D eigenvalue weighted by molar-refractivity contribution is 0.170. The number of halogens is 1. The van der Waals surface area contributed by atoms with Crippen LogP contribution in [0.2, 0.25) is 0 Å². The van der Waals surface area contributed by atoms with E-state index in [1.807, 2.05) is 6.07 Å². The first-order valence-electron chi connectivity index (χ1n) is 6.57. The zero-order chi connectivity index (χ0) is 15.9. The van der Waals surface area contributed by atoms with Gasteiger partial charge in [-0.15, -0.1) is 0 Å². The molecule has 2 rings (SSSR count). The molecule has 0 aliphatic carbocycles. The minimum absolute atomic E-state index is 0.122. The zero-order valence-electron chi connectivity index (χ0n) is 11.6. The van der Waals surface area contributed by atoms with E-state index in [1.165, 1.54) is 18.2 Å². The van der Waals surface area contributed by atoms with Gasteiger partial charge in [0.1, 0.15) is 5.82 Å². The molecule has 0 spiro atoms. The van der Waals surface area contributed by atoms with Crippen LogP contribution in [0, 0.1) is 17.1 Å². The predicted molar refractivity (Wildman–Crippen MR) is 79.5 cm³/mol. The molecule has 1 atom stereocenters. The number of carbonyl (C=O) groups is 1. The number of carbonyl (C=O) groups excluding carboxylic acids is 1. The van der Waals surface area contributed by atoms with Crippen LogP contribution in [-0.2, 0) is 0 Å². The standard InChI is InChI=1S/C16H14FN3O2/c17-14-4-2-1-3-13(14)15(21)10-19-16(22)20-12-7-5-11(9-18)6-8-12/h1-8,15,21H,10H2,(H2,19,20,22)/t15-/m1/s1. The van der Waals surface area contributed by atoms with Gasteiger partial charge in [0.15, 0.2) is 0 Å². The fraction of sp³-hybridized carbons (Fsp3) is 0.125. The largest absolute Gasteiger partial charge is 0.386 e. The lowest BCUT2D eigenvalue weighted by Gasteiger charge is -2.13. The summed E-state index contributed by atoms with van der Waals surface area (Å²) in [5, 5.41) is 23.5. The number of hydrogen-bond acceptors (Lipinski definition) is 3. The summed E-state index contributed by atoms with van der Waals surface area (Å²) in [6.45, 7) is -0.122. The number of anilines is 1. The molecule has 112 valence electrons. The molecular formula is C16H14FN3O2. The summed E-state index contributed by atoms with van der Waals surface area (Å²) in [5.74, 6) is -0.524. The van der Waals surface area contributed by atoms with E-state index in [0.717, 1.165) is 0 Å². The first kappa shape index (κ1) is 15.5. The number of amides is 2. The van der Waals surface area contributed by atoms with Crippen molar-refractivity contribution >= 4 is 11.7 Å². The highest BCUT2D eigenvalue weighted by Gasteiger charge is 2.13. The average molecular weight is 299 g/mol. The minimum atomic E-state index is -1.13. The van der Waals surface area contributed by atoms with Gasteiger partial charge in [-0.2, -0.15) is 5.26 Å². The second kappa shape index (κ2) is 7.20. The smallest absolute Gasteiger partial charge is 0.319 e. The van der Waals surface area contributed by atoms with Crippen LogP contribution in [-0.4, -0.2) is 17.7 Å². The Labute approximate surface area is 127 Å². The summed E-state index contributed by atoms with van der Waals surface area (Å²) >= 11 is 0. The number of nitriles is 1. The normalized spacial score (nSPS) is 11.3. The van der Waals surface area contributed by atoms with E-state index < -0.39 is 18.0 Å². The van der Waals surface area contributed by atoms with Crippen molar-refractivity contribution in [1.29, 1.82) is 5.26 Å². The maximum absolute atomic E-state index is 13.5. The summed E-state index contributed by atoms with van der Waals surface area (Å²) in [6, 6.07) is 13.6. The lowest BCUT2D eigenvalue weighted by atomic mass is 10.1. The van der Waals surface area contributed by atoms with Crippen LogP contribution in [0.4, 0.5) is 14.9 Å². The molecule has 22 heavy (non-hydrogen) atoms. The second-order valence-corrected chi connectivity index (χ2v) is 4.56. The Morgan fingerprint density at radius 1 is 1.23 bits per heavy atom. The second-order valence-electron chi connectivity index (χ2n) is 4.56. The average Bonchev–Trinajstić information content (AvgIpc) is 2.54. The molecule has 6 heteroatoms. The maximum Gasteiger partial charge on any atom is 0.319 e. The first-order valence-corrected chi connectivity index (χ1v) is 6.57. The van der Waals surface area contributed by atoms with E-state index in [4.69, 9.17) is 5.26 Å². The molecule has 0 radical (unpaired) electrons. The van der Waals surface area contributed by atoms with E-state index in [0.29, 0.717) is 11.3 Å². The SMILES string of the molecule is N#Cc1ccc(NC(=O)NC[C@@H](O)c2ccccc2F)cc1. The first-order chi connectivity index (χ1) is 10.6. The van der Waals surface area contributed by atoms with Gasteiger partial charge < -0.3 is 15.7 Å². The van der Waals surface area contributed by atoms with Crippen molar-refractivity contribution in [2.45, 2.75) is 6.10 Å². The van der Waals surface area contributed by atoms with E-state index >= 15 is 0 Å². The van der Waals surface area contributed by atoms with Gasteiger partial charge in [-0.1, -0.05) is 18.2 Å². The Morgan fingerprint density at radius 3 is 2.55 bits per heavy atom. The summed E-state index contributed by atoms with van der Waals surface area (Å²) in [7, 11) is 0. The van der Waals surface area contributed by atoms with E-state index in [1.54, 1.807) is 30.3 Å². The molecule has 2 amide bonds. The van der Waals surface area contributed by atoms with Crippen LogP contribution in [0.3, 0.4) is 0 Å². The number of benzene rings is 2. The van der Waals surface area contributed by atoms with Crippen LogP contribution < -0.4 is 10.6 Å². The fourth-order valence-corrected chi connectivity index (χ4v) is 1.85. The highest BCUT2D eigenvalue weighted by Crippen LogP contribution is 2.15. The highest BCUT2D eigenvalue weighted by molar-refractivity contribution is 5.89. The molecule has 0 aliphatic rings. The number of hydrogen-bond donors (Lipinski definition) is 3. The van der Waals surface area contributed by atoms with Crippen molar-refractivity contribution in [2.75, 3.05) is 11.9 Å². The number of rotatable bonds is 4. The zero-order valence-corrected chi connectivity index (χ0v) is 11.6. The fourth-order valence-electron chi connectivity index (χ4n) is 1.85. The topological polar surface area (TPSA) is 85.2 Å². The van der Waals surface area contributed by atoms with Gasteiger partial charge in [0, 0.05) is 17.8 Å². The summed E-state index contributed by atoms with van der Waals surface area (Å²) in [4.78, 5) is 11.7. The molecule has 0 unspecified atom stereocenters. The molecule has 3 N–H and O–H groups in total. The van der Waals surface area contributed by atoms with Crippen LogP contribution >= 0.6 is 0 Å². The van der Waals surface area contributed by atoms with Crippen molar-refractivity contribution in [2.24, 2.45) is 0 Å². The molecule has 0 fully saturated rings. The monoisotopic (exact) mass is 299 g/mol. The van der Waals surface area contributed by atoms with Gasteiger partial charge >= 0.3 is 6.03 Å². The molecule has 0 aliphatic heterocycles. The molecule has 5 nitrogen and oxygen atoms in total. The predicted octanol–water partition coefficient (Wildman–Crippen LogP) is 2.55. The quantitative estimate of drug-likeness (QED) is 0.811. The Morgan fingerprint density at radius 2 is 1.91 bits per heavy atom. The highest BCUT2D eigenvalue weighted by atomic mass is 19.1. The lowest BCUT2D eigenvalue weighted by Crippen LogP contribution is -2.32. The molecule has 0 saturated carbocycles. The Balaban J connectivity index is 1.87. The number of urea groups is 1. The Bertz CT molecular complexity index is 695. The third kappa shape index (κ3) is 4.04. The van der Waals surface area contributed by atoms with Crippen LogP contribution in [0.15, 0.2) is 48.5 Å². The van der Waals surface area contributed by atoms with Gasteiger partial charge in [-0.25, -0.2) is 9.18 Å². The minimum Gasteiger partial charge on any atom is -0.386 e. The number of nitrogens with zero attached hydrogens (tertiary/aromatic N) is 1. The third-order valence-corrected chi connectivity index (χ3v) is 2.99. The molecule has 0 bridgehead atoms. The number of aliphatic hydroxyl groups is 1. The van der Waals surface area contributed by atoms with Gasteiger partial charge in [0.05, 0.1) is 17.7 Å². The summed E-state index contributed by atoms with van der Waals surface area (Å²) in [6.07, 6.45) is -1.13. The number of nitrogens with one attached hydrogen (secondary N) is 2. The van der Waals surface area contributed by atoms with Crippen molar-refractivity contribution < 1.29 is 14.3 Å². The van der Waals surface area contributed by atoms with Gasteiger partial charge in [0.2, 0.25) is 0 Å². The van der Waals surface area contributed by atoms with Gasteiger partial charge in [0.25, 0.3) is 0 Å². The van der Waals surface area contributed by atoms with E-state index in [-0.39, 0.29) is 12.1 Å². The number of aliphatic hydroxyl groups excluding tert-OH is 1. The van der Waals surface area contributed by atoms with Crippen molar-refractivity contribution in [3.8, 4) is 6.07 Å². The van der Waals surface area contributed by atoms with E-state index in [9.17, 15) is 14.3 Å². The molecular weight excluding hydrogens is 285 g/mol. The third-order valence-electron chi connectivity index (χ3n) is 2.99. The van der Waals surface area contributed by atoms with Gasteiger partial charge in [-0.3, -0.25) is 0 Å². The molecule has 0 aromatic heterocycles. The maximum atomic E-state index is 13.5. The van der Waals surface area contributed by atoms with Crippen molar-refractivity contribution in [3.05, 3.63) is 65.5 Å². The summed E-state index contributed by atoms with van der Waals surface area (Å²) < 4.78 is 13.5. The van der Waals surface area contributed by atoms with E-state index in [2.05, 4.69) is 10.6 Å². The summed E-state index contributed by atoms with van der Waals surface area (Å²) in [5.41, 5.74) is 1.12. The van der Waals surface area contributed by atoms with Crippen molar-refractivity contribution in [1.82, 2.24) is 5.32 Å². The van der Waals surface area contributed by atoms with Crippen LogP contribution in [0.5, 0.6) is 0 Å². The van der Waals surface area contributed by atoms with Gasteiger partial charge in [-0.05, 0) is 30.3 Å². The molecule has 2 aromatic carbocycles. The van der Waals surface area contributed by atoms with Crippen LogP contribution in [0.25, 0.3) is 0 Å². The molecule has 0 saturated heterocycles. The molecule has 0 heterocycles. The Kier molecular flexibility index (Phi) is 5.07.